The summed E-state index contributed by atoms with van der Waals surface area (Å²) in [6.07, 6.45) is 2.46. The highest BCUT2D eigenvalue weighted by atomic mass is 32.2. The van der Waals surface area contributed by atoms with Crippen LogP contribution in [0.15, 0.2) is 0 Å². The lowest BCUT2D eigenvalue weighted by atomic mass is 9.88. The highest BCUT2D eigenvalue weighted by molar-refractivity contribution is 7.99. The third kappa shape index (κ3) is 2.65. The lowest BCUT2D eigenvalue weighted by molar-refractivity contribution is 0.0873. The first-order valence-corrected chi connectivity index (χ1v) is 6.85. The van der Waals surface area contributed by atoms with Crippen LogP contribution in [0.25, 0.3) is 0 Å². The second-order valence-electron chi connectivity index (χ2n) is 4.45. The van der Waals surface area contributed by atoms with Gasteiger partial charge in [-0.2, -0.15) is 11.8 Å². The molecule has 0 amide bonds. The Balaban J connectivity index is 2.66. The van der Waals surface area contributed by atoms with E-state index < -0.39 is 0 Å². The zero-order valence-electron chi connectivity index (χ0n) is 9.75. The Morgan fingerprint density at radius 2 is 2.14 bits per heavy atom. The normalized spacial score (nSPS) is 26.6. The maximum atomic E-state index is 6.11. The van der Waals surface area contributed by atoms with Gasteiger partial charge >= 0.3 is 0 Å². The summed E-state index contributed by atoms with van der Waals surface area (Å²) in [5.74, 6) is 2.58. The van der Waals surface area contributed by atoms with Gasteiger partial charge in [0.15, 0.2) is 0 Å². The molecule has 2 unspecified atom stereocenters. The molecule has 0 saturated carbocycles. The largest absolute Gasteiger partial charge is 0.326 e. The first-order chi connectivity index (χ1) is 6.61. The van der Waals surface area contributed by atoms with Crippen LogP contribution in [0.4, 0.5) is 0 Å². The summed E-state index contributed by atoms with van der Waals surface area (Å²) in [5, 5.41) is 0. The molecule has 14 heavy (non-hydrogen) atoms. The van der Waals surface area contributed by atoms with Gasteiger partial charge in [0.2, 0.25) is 0 Å². The van der Waals surface area contributed by atoms with Crippen molar-refractivity contribution in [2.45, 2.75) is 45.2 Å². The quantitative estimate of drug-likeness (QED) is 0.782. The van der Waals surface area contributed by atoms with Crippen molar-refractivity contribution in [3.63, 3.8) is 0 Å². The minimum absolute atomic E-state index is 0.199. The van der Waals surface area contributed by atoms with E-state index in [1.807, 2.05) is 0 Å². The summed E-state index contributed by atoms with van der Waals surface area (Å²) in [7, 11) is 0. The minimum Gasteiger partial charge on any atom is -0.326 e. The number of hydrogen-bond acceptors (Lipinski definition) is 3. The van der Waals surface area contributed by atoms with E-state index in [2.05, 4.69) is 37.4 Å². The van der Waals surface area contributed by atoms with E-state index in [1.54, 1.807) is 0 Å². The van der Waals surface area contributed by atoms with Gasteiger partial charge in [-0.1, -0.05) is 6.92 Å². The van der Waals surface area contributed by atoms with Crippen LogP contribution in [0.3, 0.4) is 0 Å². The van der Waals surface area contributed by atoms with Crippen LogP contribution in [-0.4, -0.2) is 41.1 Å². The van der Waals surface area contributed by atoms with Gasteiger partial charge < -0.3 is 5.73 Å². The maximum Gasteiger partial charge on any atom is 0.0327 e. The second-order valence-corrected chi connectivity index (χ2v) is 5.68. The van der Waals surface area contributed by atoms with Crippen LogP contribution >= 0.6 is 11.8 Å². The van der Waals surface area contributed by atoms with E-state index in [4.69, 9.17) is 5.73 Å². The van der Waals surface area contributed by atoms with Crippen LogP contribution in [0.2, 0.25) is 0 Å². The zero-order chi connectivity index (χ0) is 10.6. The molecule has 84 valence electrons. The Bertz CT molecular complexity index is 165. The number of nitrogens with two attached hydrogens (primary N) is 1. The molecule has 1 aliphatic heterocycles. The average molecular weight is 216 g/mol. The molecule has 1 saturated heterocycles. The molecule has 0 radical (unpaired) electrons. The molecule has 0 aromatic heterocycles. The van der Waals surface area contributed by atoms with Crippen LogP contribution in [-0.2, 0) is 0 Å². The van der Waals surface area contributed by atoms with E-state index in [0.717, 1.165) is 6.42 Å². The first kappa shape index (κ1) is 12.3. The van der Waals surface area contributed by atoms with E-state index in [0.29, 0.717) is 0 Å². The highest BCUT2D eigenvalue weighted by Gasteiger charge is 2.33. The monoisotopic (exact) mass is 216 g/mol. The van der Waals surface area contributed by atoms with Gasteiger partial charge in [-0.05, 0) is 39.0 Å². The van der Waals surface area contributed by atoms with Gasteiger partial charge in [0, 0.05) is 23.9 Å². The van der Waals surface area contributed by atoms with Crippen molar-refractivity contribution in [3.8, 4) is 0 Å². The topological polar surface area (TPSA) is 29.3 Å². The van der Waals surface area contributed by atoms with E-state index in [1.165, 1.54) is 31.0 Å². The molecule has 0 spiro atoms. The van der Waals surface area contributed by atoms with E-state index in [9.17, 15) is 0 Å². The fraction of sp³-hybridized carbons (Fsp3) is 1.00. The summed E-state index contributed by atoms with van der Waals surface area (Å²) >= 11 is 2.08. The van der Waals surface area contributed by atoms with E-state index in [-0.39, 0.29) is 11.6 Å². The average Bonchev–Trinajstić information content (AvgIpc) is 2.44. The lowest BCUT2D eigenvalue weighted by Crippen LogP contribution is -2.57. The molecule has 2 N–H and O–H groups in total. The van der Waals surface area contributed by atoms with Gasteiger partial charge in [-0.3, -0.25) is 4.90 Å². The molecule has 0 aromatic rings. The van der Waals surface area contributed by atoms with Crippen LogP contribution < -0.4 is 5.73 Å². The third-order valence-electron chi connectivity index (χ3n) is 3.64. The number of nitrogens with zero attached hydrogens (tertiary/aromatic N) is 1. The molecule has 1 aliphatic rings. The molecule has 0 bridgehead atoms. The molecule has 0 aliphatic carbocycles. The molecule has 0 aromatic carbocycles. The molecule has 3 heteroatoms. The molecule has 1 heterocycles. The Labute approximate surface area is 92.6 Å². The fourth-order valence-electron chi connectivity index (χ4n) is 2.09. The Morgan fingerprint density at radius 3 is 2.71 bits per heavy atom. The van der Waals surface area contributed by atoms with Crippen molar-refractivity contribution in [1.29, 1.82) is 0 Å². The number of thioether (sulfide) groups is 1. The highest BCUT2D eigenvalue weighted by Crippen LogP contribution is 2.25. The Hall–Kier alpha value is 0.270. The van der Waals surface area contributed by atoms with Crippen molar-refractivity contribution < 1.29 is 0 Å². The Kier molecular flexibility index (Phi) is 4.74. The summed E-state index contributed by atoms with van der Waals surface area (Å²) in [6.45, 7) is 9.13. The predicted octanol–water partition coefficient (Wildman–Crippen LogP) is 1.94. The van der Waals surface area contributed by atoms with Crippen LogP contribution in [0, 0.1) is 0 Å². The van der Waals surface area contributed by atoms with Crippen molar-refractivity contribution in [1.82, 2.24) is 4.90 Å². The Morgan fingerprint density at radius 1 is 1.43 bits per heavy atom. The molecular formula is C11H24N2S. The predicted molar refractivity (Wildman–Crippen MR) is 65.9 cm³/mol. The van der Waals surface area contributed by atoms with Crippen molar-refractivity contribution in [2.75, 3.05) is 24.6 Å². The molecular weight excluding hydrogens is 192 g/mol. The number of hydrogen-bond donors (Lipinski definition) is 1. The van der Waals surface area contributed by atoms with Crippen LogP contribution in [0.1, 0.15) is 33.6 Å². The lowest BCUT2D eigenvalue weighted by Gasteiger charge is -2.43. The van der Waals surface area contributed by atoms with Gasteiger partial charge in [0.25, 0.3) is 0 Å². The summed E-state index contributed by atoms with van der Waals surface area (Å²) in [5.41, 5.74) is 6.31. The van der Waals surface area contributed by atoms with Gasteiger partial charge in [0.05, 0.1) is 0 Å². The molecule has 2 nitrogen and oxygen atoms in total. The van der Waals surface area contributed by atoms with Crippen molar-refractivity contribution in [3.05, 3.63) is 0 Å². The minimum atomic E-state index is 0.199. The van der Waals surface area contributed by atoms with Crippen LogP contribution in [0.5, 0.6) is 0 Å². The summed E-state index contributed by atoms with van der Waals surface area (Å²) in [6, 6.07) is 0.260. The SMILES string of the molecule is CCC(C)(C(C)N)N1CCCSCC1. The molecule has 1 rings (SSSR count). The van der Waals surface area contributed by atoms with Crippen molar-refractivity contribution in [2.24, 2.45) is 5.73 Å². The van der Waals surface area contributed by atoms with Gasteiger partial charge in [-0.25, -0.2) is 0 Å². The maximum absolute atomic E-state index is 6.11. The number of rotatable bonds is 3. The van der Waals surface area contributed by atoms with E-state index >= 15 is 0 Å². The second kappa shape index (κ2) is 5.38. The van der Waals surface area contributed by atoms with Gasteiger partial charge in [-0.15, -0.1) is 0 Å². The smallest absolute Gasteiger partial charge is 0.0327 e. The summed E-state index contributed by atoms with van der Waals surface area (Å²) < 4.78 is 0. The van der Waals surface area contributed by atoms with Gasteiger partial charge in [0.1, 0.15) is 0 Å². The standard InChI is InChI=1S/C11H24N2S/c1-4-11(3,10(2)12)13-6-5-8-14-9-7-13/h10H,4-9,12H2,1-3H3. The summed E-state index contributed by atoms with van der Waals surface area (Å²) in [4.78, 5) is 2.59. The molecule has 1 fully saturated rings. The van der Waals surface area contributed by atoms with Crippen molar-refractivity contribution >= 4 is 11.8 Å². The fourth-order valence-corrected chi connectivity index (χ4v) is 2.98. The first-order valence-electron chi connectivity index (χ1n) is 5.69. The third-order valence-corrected chi connectivity index (χ3v) is 4.69. The molecule has 2 atom stereocenters. The zero-order valence-corrected chi connectivity index (χ0v) is 10.6.